The molecule has 2 rings (SSSR count). The molecular formula is C16H23ClN4O. The first-order chi connectivity index (χ1) is 9.99. The van der Waals surface area contributed by atoms with Gasteiger partial charge in [0.1, 0.15) is 0 Å². The first kappa shape index (κ1) is 18.2. The zero-order chi connectivity index (χ0) is 15.4. The van der Waals surface area contributed by atoms with Crippen molar-refractivity contribution in [3.05, 3.63) is 48.5 Å². The summed E-state index contributed by atoms with van der Waals surface area (Å²) in [5, 5.41) is 2.96. The minimum atomic E-state index is -0.482. The van der Waals surface area contributed by atoms with Gasteiger partial charge in [0.25, 0.3) is 0 Å². The molecule has 0 saturated heterocycles. The first-order valence-electron chi connectivity index (χ1n) is 7.13. The molecule has 0 bridgehead atoms. The summed E-state index contributed by atoms with van der Waals surface area (Å²) in [7, 11) is 0. The third-order valence-electron chi connectivity index (χ3n) is 3.55. The molecule has 1 heterocycles. The van der Waals surface area contributed by atoms with Crippen molar-refractivity contribution >= 4 is 18.3 Å². The molecule has 22 heavy (non-hydrogen) atoms. The number of imidazole rings is 1. The molecule has 5 nitrogen and oxygen atoms in total. The summed E-state index contributed by atoms with van der Waals surface area (Å²) in [5.41, 5.74) is 7.92. The summed E-state index contributed by atoms with van der Waals surface area (Å²) in [5.74, 6) is 0.0000157. The number of nitrogens with two attached hydrogens (primary N) is 1. The van der Waals surface area contributed by atoms with Gasteiger partial charge in [0.15, 0.2) is 0 Å². The molecule has 1 amide bonds. The number of amides is 1. The molecule has 0 spiro atoms. The average Bonchev–Trinajstić information content (AvgIpc) is 3.00. The van der Waals surface area contributed by atoms with Crippen molar-refractivity contribution in [2.45, 2.75) is 32.9 Å². The van der Waals surface area contributed by atoms with E-state index in [0.29, 0.717) is 0 Å². The topological polar surface area (TPSA) is 72.9 Å². The van der Waals surface area contributed by atoms with Crippen molar-refractivity contribution in [1.29, 1.82) is 0 Å². The number of aromatic nitrogens is 2. The molecule has 2 atom stereocenters. The number of rotatable bonds is 5. The Morgan fingerprint density at radius 1 is 1.32 bits per heavy atom. The van der Waals surface area contributed by atoms with Crippen LogP contribution in [0, 0.1) is 5.92 Å². The second-order valence-electron chi connectivity index (χ2n) is 5.57. The van der Waals surface area contributed by atoms with Crippen LogP contribution in [0.4, 0.5) is 0 Å². The highest BCUT2D eigenvalue weighted by molar-refractivity contribution is 5.85. The van der Waals surface area contributed by atoms with Gasteiger partial charge in [0.2, 0.25) is 5.91 Å². The molecule has 0 aliphatic carbocycles. The highest BCUT2D eigenvalue weighted by Crippen LogP contribution is 2.17. The zero-order valence-corrected chi connectivity index (χ0v) is 13.9. The summed E-state index contributed by atoms with van der Waals surface area (Å²) in [4.78, 5) is 16.1. The Morgan fingerprint density at radius 2 is 2.05 bits per heavy atom. The molecule has 0 fully saturated rings. The number of carbonyl (C=O) groups excluding carboxylic acids is 1. The Morgan fingerprint density at radius 3 is 2.64 bits per heavy atom. The van der Waals surface area contributed by atoms with E-state index in [2.05, 4.69) is 10.3 Å². The van der Waals surface area contributed by atoms with Crippen LogP contribution in [-0.2, 0) is 4.79 Å². The molecule has 1 aromatic carbocycles. The van der Waals surface area contributed by atoms with E-state index in [1.165, 1.54) is 0 Å². The number of halogens is 1. The van der Waals surface area contributed by atoms with E-state index in [1.54, 1.807) is 12.5 Å². The Labute approximate surface area is 137 Å². The third kappa shape index (κ3) is 4.32. The van der Waals surface area contributed by atoms with Crippen LogP contribution in [0.25, 0.3) is 5.69 Å². The Kier molecular flexibility index (Phi) is 6.59. The summed E-state index contributed by atoms with van der Waals surface area (Å²) in [6.07, 6.45) is 5.37. The average molecular weight is 323 g/mol. The van der Waals surface area contributed by atoms with Gasteiger partial charge in [-0.05, 0) is 30.5 Å². The van der Waals surface area contributed by atoms with Crippen LogP contribution in [0.15, 0.2) is 43.0 Å². The van der Waals surface area contributed by atoms with Gasteiger partial charge in [0.05, 0.1) is 18.4 Å². The quantitative estimate of drug-likeness (QED) is 0.888. The van der Waals surface area contributed by atoms with Crippen molar-refractivity contribution in [2.75, 3.05) is 0 Å². The molecule has 0 aliphatic rings. The van der Waals surface area contributed by atoms with E-state index < -0.39 is 6.04 Å². The van der Waals surface area contributed by atoms with Crippen LogP contribution >= 0.6 is 12.4 Å². The molecule has 1 aromatic heterocycles. The Hall–Kier alpha value is -1.85. The van der Waals surface area contributed by atoms with Gasteiger partial charge in [0, 0.05) is 18.1 Å². The fourth-order valence-corrected chi connectivity index (χ4v) is 2.06. The molecule has 120 valence electrons. The number of hydrogen-bond donors (Lipinski definition) is 2. The maximum atomic E-state index is 12.0. The van der Waals surface area contributed by atoms with Gasteiger partial charge in [-0.1, -0.05) is 26.0 Å². The lowest BCUT2D eigenvalue weighted by Gasteiger charge is -2.20. The Balaban J connectivity index is 0.00000242. The normalized spacial score (nSPS) is 13.3. The van der Waals surface area contributed by atoms with Crippen molar-refractivity contribution in [3.8, 4) is 5.69 Å². The lowest BCUT2D eigenvalue weighted by atomic mass is 10.0. The lowest BCUT2D eigenvalue weighted by molar-refractivity contribution is -0.123. The summed E-state index contributed by atoms with van der Waals surface area (Å²) < 4.78 is 1.93. The second kappa shape index (κ2) is 7.96. The van der Waals surface area contributed by atoms with Crippen LogP contribution < -0.4 is 11.1 Å². The van der Waals surface area contributed by atoms with Crippen LogP contribution in [0.3, 0.4) is 0 Å². The summed E-state index contributed by atoms with van der Waals surface area (Å²) >= 11 is 0. The van der Waals surface area contributed by atoms with Gasteiger partial charge in [-0.25, -0.2) is 4.98 Å². The van der Waals surface area contributed by atoms with Crippen LogP contribution in [0.5, 0.6) is 0 Å². The van der Waals surface area contributed by atoms with E-state index in [9.17, 15) is 4.79 Å². The van der Waals surface area contributed by atoms with Crippen LogP contribution in [0.1, 0.15) is 32.4 Å². The summed E-state index contributed by atoms with van der Waals surface area (Å²) in [6, 6.07) is 7.42. The van der Waals surface area contributed by atoms with Crippen molar-refractivity contribution in [1.82, 2.24) is 14.9 Å². The van der Waals surface area contributed by atoms with Gasteiger partial charge >= 0.3 is 0 Å². The molecule has 6 heteroatoms. The molecule has 2 aromatic rings. The number of carbonyl (C=O) groups is 1. The van der Waals surface area contributed by atoms with Crippen molar-refractivity contribution in [3.63, 3.8) is 0 Å². The van der Waals surface area contributed by atoms with E-state index in [0.717, 1.165) is 11.3 Å². The minimum absolute atomic E-state index is 0. The first-order valence-corrected chi connectivity index (χ1v) is 7.13. The molecule has 0 aliphatic heterocycles. The molecule has 0 saturated carbocycles. The van der Waals surface area contributed by atoms with Crippen LogP contribution in [-0.4, -0.2) is 21.5 Å². The van der Waals surface area contributed by atoms with E-state index in [-0.39, 0.29) is 30.3 Å². The van der Waals surface area contributed by atoms with Gasteiger partial charge in [-0.15, -0.1) is 12.4 Å². The number of hydrogen-bond acceptors (Lipinski definition) is 3. The highest BCUT2D eigenvalue weighted by Gasteiger charge is 2.19. The fraction of sp³-hybridized carbons (Fsp3) is 0.375. The van der Waals surface area contributed by atoms with Crippen molar-refractivity contribution in [2.24, 2.45) is 11.7 Å². The van der Waals surface area contributed by atoms with Crippen LogP contribution in [0.2, 0.25) is 0 Å². The largest absolute Gasteiger partial charge is 0.348 e. The number of nitrogens with one attached hydrogen (secondary N) is 1. The number of benzene rings is 1. The molecular weight excluding hydrogens is 300 g/mol. The molecule has 1 unspecified atom stereocenters. The third-order valence-corrected chi connectivity index (χ3v) is 3.55. The maximum Gasteiger partial charge on any atom is 0.237 e. The number of nitrogens with zero attached hydrogens (tertiary/aromatic N) is 2. The SMILES string of the molecule is CC(NC(=O)[C@@H](N)C(C)C)c1cccc(-n2ccnc2)c1.Cl. The fourth-order valence-electron chi connectivity index (χ4n) is 2.06. The second-order valence-corrected chi connectivity index (χ2v) is 5.57. The standard InChI is InChI=1S/C16H22N4O.ClH/c1-11(2)15(17)16(21)19-12(3)13-5-4-6-14(9-13)20-8-7-18-10-20;/h4-12,15H,17H2,1-3H3,(H,19,21);1H/t12?,15-;/m0./s1. The maximum absolute atomic E-state index is 12.0. The monoisotopic (exact) mass is 322 g/mol. The predicted molar refractivity (Wildman–Crippen MR) is 90.2 cm³/mol. The lowest BCUT2D eigenvalue weighted by Crippen LogP contribution is -2.44. The van der Waals surface area contributed by atoms with E-state index in [4.69, 9.17) is 5.73 Å². The van der Waals surface area contributed by atoms with Gasteiger partial charge in [-0.2, -0.15) is 0 Å². The summed E-state index contributed by atoms with van der Waals surface area (Å²) in [6.45, 7) is 5.83. The van der Waals surface area contributed by atoms with E-state index in [1.807, 2.05) is 55.8 Å². The van der Waals surface area contributed by atoms with Gasteiger partial charge < -0.3 is 15.6 Å². The smallest absolute Gasteiger partial charge is 0.237 e. The molecule has 3 N–H and O–H groups in total. The predicted octanol–water partition coefficient (Wildman–Crippen LogP) is 2.45. The van der Waals surface area contributed by atoms with Crippen molar-refractivity contribution < 1.29 is 4.79 Å². The highest BCUT2D eigenvalue weighted by atomic mass is 35.5. The van der Waals surface area contributed by atoms with E-state index >= 15 is 0 Å². The zero-order valence-electron chi connectivity index (χ0n) is 13.1. The Bertz CT molecular complexity index is 598. The van der Waals surface area contributed by atoms with Gasteiger partial charge in [-0.3, -0.25) is 4.79 Å². The molecule has 0 radical (unpaired) electrons. The minimum Gasteiger partial charge on any atom is -0.348 e.